The monoisotopic (exact) mass is 285 g/mol. The first-order valence-electron chi connectivity index (χ1n) is 6.74. The number of hydrogen-bond donors (Lipinski definition) is 1. The number of imidazole rings is 1. The maximum absolute atomic E-state index is 13.8. The Morgan fingerprint density at radius 3 is 2.90 bits per heavy atom. The van der Waals surface area contributed by atoms with Gasteiger partial charge in [-0.3, -0.25) is 0 Å². The topological polar surface area (TPSA) is 52.5 Å². The average Bonchev–Trinajstić information content (AvgIpc) is 2.87. The maximum atomic E-state index is 13.8. The van der Waals surface area contributed by atoms with Crippen LogP contribution in [0.2, 0.25) is 0 Å². The smallest absolute Gasteiger partial charge is 0.137 e. The molecular weight excluding hydrogens is 269 g/mol. The number of aromatic nitrogens is 2. The summed E-state index contributed by atoms with van der Waals surface area (Å²) in [6.45, 7) is 2.04. The van der Waals surface area contributed by atoms with Crippen LogP contribution in [0, 0.1) is 5.82 Å². The molecule has 1 aromatic carbocycles. The molecule has 21 heavy (non-hydrogen) atoms. The Morgan fingerprint density at radius 1 is 1.33 bits per heavy atom. The van der Waals surface area contributed by atoms with Gasteiger partial charge in [-0.05, 0) is 25.1 Å². The summed E-state index contributed by atoms with van der Waals surface area (Å²) in [6.07, 6.45) is 3.81. The summed E-state index contributed by atoms with van der Waals surface area (Å²) in [6, 6.07) is 10.2. The molecule has 0 saturated heterocycles. The standard InChI is InChI=1S/C16H16FN3O/c1-11(18)14-6-5-13(8-15(14)17)21-10-12-9-20-7-3-2-4-16(20)19-12/h2-9,11H,10,18H2,1H3. The number of nitrogens with zero attached hydrogens (tertiary/aromatic N) is 2. The molecule has 0 aliphatic heterocycles. The van der Waals surface area contributed by atoms with Crippen LogP contribution in [0.15, 0.2) is 48.8 Å². The van der Waals surface area contributed by atoms with Crippen molar-refractivity contribution in [1.29, 1.82) is 0 Å². The number of fused-ring (bicyclic) bond motifs is 1. The third-order valence-corrected chi connectivity index (χ3v) is 3.26. The molecule has 4 nitrogen and oxygen atoms in total. The first-order valence-corrected chi connectivity index (χ1v) is 6.74. The van der Waals surface area contributed by atoms with Crippen LogP contribution in [-0.4, -0.2) is 9.38 Å². The van der Waals surface area contributed by atoms with Gasteiger partial charge >= 0.3 is 0 Å². The van der Waals surface area contributed by atoms with Gasteiger partial charge in [0.1, 0.15) is 23.8 Å². The molecule has 0 fully saturated rings. The van der Waals surface area contributed by atoms with E-state index in [0.717, 1.165) is 11.3 Å². The van der Waals surface area contributed by atoms with E-state index in [-0.39, 0.29) is 11.9 Å². The molecular formula is C16H16FN3O. The van der Waals surface area contributed by atoms with Gasteiger partial charge in [-0.15, -0.1) is 0 Å². The molecule has 0 bridgehead atoms. The van der Waals surface area contributed by atoms with Crippen molar-refractivity contribution in [3.8, 4) is 5.75 Å². The fraction of sp³-hybridized carbons (Fsp3) is 0.188. The van der Waals surface area contributed by atoms with Crippen LogP contribution >= 0.6 is 0 Å². The van der Waals surface area contributed by atoms with E-state index in [1.165, 1.54) is 6.07 Å². The molecule has 5 heteroatoms. The van der Waals surface area contributed by atoms with Crippen LogP contribution < -0.4 is 10.5 Å². The number of nitrogens with two attached hydrogens (primary N) is 1. The molecule has 1 unspecified atom stereocenters. The van der Waals surface area contributed by atoms with Crippen LogP contribution in [0.25, 0.3) is 5.65 Å². The molecule has 108 valence electrons. The highest BCUT2D eigenvalue weighted by molar-refractivity contribution is 5.39. The lowest BCUT2D eigenvalue weighted by Gasteiger charge is -2.09. The van der Waals surface area contributed by atoms with E-state index in [4.69, 9.17) is 10.5 Å². The van der Waals surface area contributed by atoms with Gasteiger partial charge in [0.2, 0.25) is 0 Å². The Labute approximate surface area is 122 Å². The zero-order valence-corrected chi connectivity index (χ0v) is 11.7. The van der Waals surface area contributed by atoms with Gasteiger partial charge in [0.05, 0.1) is 5.69 Å². The van der Waals surface area contributed by atoms with E-state index in [9.17, 15) is 4.39 Å². The van der Waals surface area contributed by atoms with E-state index in [2.05, 4.69) is 4.98 Å². The zero-order chi connectivity index (χ0) is 14.8. The third kappa shape index (κ3) is 2.87. The number of benzene rings is 1. The summed E-state index contributed by atoms with van der Waals surface area (Å²) in [5, 5.41) is 0. The van der Waals surface area contributed by atoms with Crippen molar-refractivity contribution in [1.82, 2.24) is 9.38 Å². The summed E-state index contributed by atoms with van der Waals surface area (Å²) in [4.78, 5) is 4.42. The number of hydrogen-bond acceptors (Lipinski definition) is 3. The Kier molecular flexibility index (Phi) is 3.58. The molecule has 0 saturated carbocycles. The second kappa shape index (κ2) is 5.54. The quantitative estimate of drug-likeness (QED) is 0.801. The third-order valence-electron chi connectivity index (χ3n) is 3.26. The Bertz CT molecular complexity index is 734. The summed E-state index contributed by atoms with van der Waals surface area (Å²) in [7, 11) is 0. The van der Waals surface area contributed by atoms with Gasteiger partial charge in [-0.1, -0.05) is 12.1 Å². The highest BCUT2D eigenvalue weighted by Gasteiger charge is 2.09. The second-order valence-corrected chi connectivity index (χ2v) is 4.96. The first-order chi connectivity index (χ1) is 10.1. The van der Waals surface area contributed by atoms with Crippen molar-refractivity contribution in [3.63, 3.8) is 0 Å². The minimum absolute atomic E-state index is 0.290. The minimum Gasteiger partial charge on any atom is -0.487 e. The van der Waals surface area contributed by atoms with Gasteiger partial charge in [-0.2, -0.15) is 0 Å². The zero-order valence-electron chi connectivity index (χ0n) is 11.7. The minimum atomic E-state index is -0.350. The highest BCUT2D eigenvalue weighted by Crippen LogP contribution is 2.21. The first kappa shape index (κ1) is 13.6. The summed E-state index contributed by atoms with van der Waals surface area (Å²) >= 11 is 0. The van der Waals surface area contributed by atoms with Gasteiger partial charge in [-0.25, -0.2) is 9.37 Å². The van der Waals surface area contributed by atoms with Gasteiger partial charge < -0.3 is 14.9 Å². The predicted molar refractivity (Wildman–Crippen MR) is 78.5 cm³/mol. The number of halogens is 1. The van der Waals surface area contributed by atoms with Crippen LogP contribution in [0.4, 0.5) is 4.39 Å². The SMILES string of the molecule is CC(N)c1ccc(OCc2cn3ccccc3n2)cc1F. The number of pyridine rings is 1. The lowest BCUT2D eigenvalue weighted by Crippen LogP contribution is -2.07. The van der Waals surface area contributed by atoms with Crippen LogP contribution in [-0.2, 0) is 6.61 Å². The van der Waals surface area contributed by atoms with Crippen molar-refractivity contribution >= 4 is 5.65 Å². The highest BCUT2D eigenvalue weighted by atomic mass is 19.1. The Balaban J connectivity index is 1.74. The van der Waals surface area contributed by atoms with Crippen molar-refractivity contribution in [2.75, 3.05) is 0 Å². The van der Waals surface area contributed by atoms with Crippen molar-refractivity contribution in [3.05, 3.63) is 65.9 Å². The van der Waals surface area contributed by atoms with Crippen LogP contribution in [0.1, 0.15) is 24.2 Å². The fourth-order valence-electron chi connectivity index (χ4n) is 2.18. The maximum Gasteiger partial charge on any atom is 0.137 e. The molecule has 2 heterocycles. The number of rotatable bonds is 4. The molecule has 2 aromatic heterocycles. The van der Waals surface area contributed by atoms with Crippen LogP contribution in [0.3, 0.4) is 0 Å². The summed E-state index contributed by atoms with van der Waals surface area (Å²) in [5.74, 6) is 0.117. The molecule has 2 N–H and O–H groups in total. The average molecular weight is 285 g/mol. The second-order valence-electron chi connectivity index (χ2n) is 4.96. The number of ether oxygens (including phenoxy) is 1. The van der Waals surface area contributed by atoms with E-state index in [1.54, 1.807) is 19.1 Å². The van der Waals surface area contributed by atoms with Gasteiger partial charge in [0, 0.05) is 30.1 Å². The van der Waals surface area contributed by atoms with E-state index < -0.39 is 0 Å². The normalized spacial score (nSPS) is 12.5. The molecule has 3 aromatic rings. The van der Waals surface area contributed by atoms with Crippen molar-refractivity contribution in [2.24, 2.45) is 5.73 Å². The lowest BCUT2D eigenvalue weighted by atomic mass is 10.1. The molecule has 0 radical (unpaired) electrons. The largest absolute Gasteiger partial charge is 0.487 e. The fourth-order valence-corrected chi connectivity index (χ4v) is 2.18. The predicted octanol–water partition coefficient (Wildman–Crippen LogP) is 3.07. The van der Waals surface area contributed by atoms with Crippen LogP contribution in [0.5, 0.6) is 5.75 Å². The van der Waals surface area contributed by atoms with Crippen molar-refractivity contribution in [2.45, 2.75) is 19.6 Å². The molecule has 0 amide bonds. The molecule has 0 aliphatic rings. The molecule has 3 rings (SSSR count). The van der Waals surface area contributed by atoms with E-state index >= 15 is 0 Å². The van der Waals surface area contributed by atoms with E-state index in [0.29, 0.717) is 17.9 Å². The van der Waals surface area contributed by atoms with E-state index in [1.807, 2.05) is 35.0 Å². The summed E-state index contributed by atoms with van der Waals surface area (Å²) in [5.41, 5.74) is 7.81. The Hall–Kier alpha value is -2.40. The van der Waals surface area contributed by atoms with Gasteiger partial charge in [0.15, 0.2) is 0 Å². The van der Waals surface area contributed by atoms with Crippen molar-refractivity contribution < 1.29 is 9.13 Å². The van der Waals surface area contributed by atoms with Gasteiger partial charge in [0.25, 0.3) is 0 Å². The Morgan fingerprint density at radius 2 is 2.19 bits per heavy atom. The lowest BCUT2D eigenvalue weighted by molar-refractivity contribution is 0.300. The molecule has 0 aliphatic carbocycles. The molecule has 1 atom stereocenters. The summed E-state index contributed by atoms with van der Waals surface area (Å²) < 4.78 is 21.3. The molecule has 0 spiro atoms.